The van der Waals surface area contributed by atoms with Gasteiger partial charge < -0.3 is 15.3 Å². The molecule has 0 atom stereocenters. The minimum absolute atomic E-state index is 0.114. The van der Waals surface area contributed by atoms with Crippen molar-refractivity contribution in [2.24, 2.45) is 0 Å². The van der Waals surface area contributed by atoms with E-state index >= 15 is 0 Å². The van der Waals surface area contributed by atoms with Crippen molar-refractivity contribution < 1.29 is 9.50 Å². The molecule has 1 saturated heterocycles. The Morgan fingerprint density at radius 3 is 2.73 bits per heavy atom. The molecule has 1 aromatic rings. The number of halogens is 1. The van der Waals surface area contributed by atoms with Gasteiger partial charge in [0.25, 0.3) is 0 Å². The third-order valence-corrected chi connectivity index (χ3v) is 2.67. The highest BCUT2D eigenvalue weighted by Crippen LogP contribution is 2.22. The van der Waals surface area contributed by atoms with Gasteiger partial charge in [-0.05, 0) is 18.2 Å². The molecular formula is C11H15FN2O. The first-order valence-electron chi connectivity index (χ1n) is 5.16. The Morgan fingerprint density at radius 2 is 2.07 bits per heavy atom. The summed E-state index contributed by atoms with van der Waals surface area (Å²) in [5.74, 6) is -0.294. The van der Waals surface area contributed by atoms with Crippen molar-refractivity contribution in [3.63, 3.8) is 0 Å². The molecule has 0 aromatic heterocycles. The lowest BCUT2D eigenvalue weighted by molar-refractivity contribution is 0.281. The molecule has 0 amide bonds. The molecule has 1 fully saturated rings. The number of rotatable bonds is 2. The van der Waals surface area contributed by atoms with Gasteiger partial charge in [-0.25, -0.2) is 4.39 Å². The molecule has 0 aliphatic carbocycles. The van der Waals surface area contributed by atoms with Crippen LogP contribution in [0.2, 0.25) is 0 Å². The molecule has 2 rings (SSSR count). The largest absolute Gasteiger partial charge is 0.392 e. The van der Waals surface area contributed by atoms with E-state index < -0.39 is 0 Å². The third kappa shape index (κ3) is 2.27. The van der Waals surface area contributed by atoms with Gasteiger partial charge in [-0.2, -0.15) is 0 Å². The molecule has 3 nitrogen and oxygen atoms in total. The SMILES string of the molecule is OCc1cc(F)ccc1N1CCNCC1. The smallest absolute Gasteiger partial charge is 0.123 e. The Labute approximate surface area is 88.5 Å². The van der Waals surface area contributed by atoms with Crippen LogP contribution in [0.3, 0.4) is 0 Å². The van der Waals surface area contributed by atoms with Crippen molar-refractivity contribution in [3.8, 4) is 0 Å². The molecule has 1 aliphatic heterocycles. The highest BCUT2D eigenvalue weighted by atomic mass is 19.1. The zero-order valence-electron chi connectivity index (χ0n) is 8.54. The number of benzene rings is 1. The molecule has 82 valence electrons. The normalized spacial score (nSPS) is 16.8. The second kappa shape index (κ2) is 4.59. The lowest BCUT2D eigenvalue weighted by atomic mass is 10.1. The molecule has 1 aliphatic rings. The first-order valence-corrected chi connectivity index (χ1v) is 5.16. The molecule has 4 heteroatoms. The fourth-order valence-electron chi connectivity index (χ4n) is 1.89. The van der Waals surface area contributed by atoms with Crippen LogP contribution in [-0.4, -0.2) is 31.3 Å². The molecule has 1 aromatic carbocycles. The van der Waals surface area contributed by atoms with E-state index in [0.717, 1.165) is 31.9 Å². The van der Waals surface area contributed by atoms with Gasteiger partial charge in [0, 0.05) is 37.4 Å². The van der Waals surface area contributed by atoms with Crippen LogP contribution < -0.4 is 10.2 Å². The van der Waals surface area contributed by atoms with Crippen molar-refractivity contribution in [3.05, 3.63) is 29.6 Å². The molecule has 15 heavy (non-hydrogen) atoms. The van der Waals surface area contributed by atoms with Crippen molar-refractivity contribution in [1.29, 1.82) is 0 Å². The summed E-state index contributed by atoms with van der Waals surface area (Å²) in [6.07, 6.45) is 0. The summed E-state index contributed by atoms with van der Waals surface area (Å²) in [5.41, 5.74) is 1.61. The fourth-order valence-corrected chi connectivity index (χ4v) is 1.89. The van der Waals surface area contributed by atoms with Gasteiger partial charge in [-0.15, -0.1) is 0 Å². The summed E-state index contributed by atoms with van der Waals surface area (Å²) in [4.78, 5) is 2.17. The lowest BCUT2D eigenvalue weighted by Gasteiger charge is -2.30. The van der Waals surface area contributed by atoms with Crippen molar-refractivity contribution in [1.82, 2.24) is 5.32 Å². The summed E-state index contributed by atoms with van der Waals surface area (Å²) < 4.78 is 13.0. The average molecular weight is 210 g/mol. The second-order valence-corrected chi connectivity index (χ2v) is 3.67. The number of nitrogens with one attached hydrogen (secondary N) is 1. The standard InChI is InChI=1S/C11H15FN2O/c12-10-1-2-11(9(7-10)8-15)14-5-3-13-4-6-14/h1-2,7,13,15H,3-6,8H2. The Kier molecular flexibility index (Phi) is 3.18. The number of aliphatic hydroxyl groups excluding tert-OH is 1. The molecule has 0 radical (unpaired) electrons. The number of hydrogen-bond donors (Lipinski definition) is 2. The van der Waals surface area contributed by atoms with Gasteiger partial charge in [-0.1, -0.05) is 0 Å². The van der Waals surface area contributed by atoms with E-state index in [0.29, 0.717) is 5.56 Å². The van der Waals surface area contributed by atoms with Gasteiger partial charge >= 0.3 is 0 Å². The Bertz CT molecular complexity index is 337. The number of anilines is 1. The first kappa shape index (κ1) is 10.4. The van der Waals surface area contributed by atoms with Gasteiger partial charge in [-0.3, -0.25) is 0 Å². The predicted molar refractivity (Wildman–Crippen MR) is 57.4 cm³/mol. The summed E-state index contributed by atoms with van der Waals surface area (Å²) >= 11 is 0. The number of nitrogens with zero attached hydrogens (tertiary/aromatic N) is 1. The number of piperazine rings is 1. The lowest BCUT2D eigenvalue weighted by Crippen LogP contribution is -2.43. The van der Waals surface area contributed by atoms with Crippen LogP contribution in [0.15, 0.2) is 18.2 Å². The van der Waals surface area contributed by atoms with E-state index in [1.165, 1.54) is 12.1 Å². The summed E-state index contributed by atoms with van der Waals surface area (Å²) in [6.45, 7) is 3.55. The quantitative estimate of drug-likeness (QED) is 0.755. The Morgan fingerprint density at radius 1 is 1.33 bits per heavy atom. The maximum absolute atomic E-state index is 13.0. The van der Waals surface area contributed by atoms with E-state index in [1.807, 2.05) is 0 Å². The van der Waals surface area contributed by atoms with E-state index in [1.54, 1.807) is 6.07 Å². The highest BCUT2D eigenvalue weighted by molar-refractivity contribution is 5.54. The van der Waals surface area contributed by atoms with Crippen LogP contribution in [0, 0.1) is 5.82 Å². The monoisotopic (exact) mass is 210 g/mol. The average Bonchev–Trinajstić information content (AvgIpc) is 2.30. The summed E-state index contributed by atoms with van der Waals surface area (Å²) in [7, 11) is 0. The van der Waals surface area contributed by atoms with Crippen LogP contribution in [0.1, 0.15) is 5.56 Å². The number of aliphatic hydroxyl groups is 1. The molecule has 0 saturated carbocycles. The topological polar surface area (TPSA) is 35.5 Å². The van der Waals surface area contributed by atoms with Gasteiger partial charge in [0.15, 0.2) is 0 Å². The Hall–Kier alpha value is -1.13. The first-order chi connectivity index (χ1) is 7.31. The van der Waals surface area contributed by atoms with E-state index in [9.17, 15) is 4.39 Å². The molecule has 1 heterocycles. The van der Waals surface area contributed by atoms with Crippen LogP contribution in [-0.2, 0) is 6.61 Å². The third-order valence-electron chi connectivity index (χ3n) is 2.67. The van der Waals surface area contributed by atoms with Crippen LogP contribution >= 0.6 is 0 Å². The minimum atomic E-state index is -0.294. The molecular weight excluding hydrogens is 195 g/mol. The maximum Gasteiger partial charge on any atom is 0.123 e. The van der Waals surface area contributed by atoms with E-state index in [4.69, 9.17) is 5.11 Å². The van der Waals surface area contributed by atoms with E-state index in [2.05, 4.69) is 10.2 Å². The van der Waals surface area contributed by atoms with E-state index in [-0.39, 0.29) is 12.4 Å². The predicted octanol–water partition coefficient (Wildman–Crippen LogP) is 0.728. The van der Waals surface area contributed by atoms with Crippen LogP contribution in [0.5, 0.6) is 0 Å². The maximum atomic E-state index is 13.0. The van der Waals surface area contributed by atoms with Crippen LogP contribution in [0.25, 0.3) is 0 Å². The minimum Gasteiger partial charge on any atom is -0.392 e. The van der Waals surface area contributed by atoms with Crippen LogP contribution in [0.4, 0.5) is 10.1 Å². The Balaban J connectivity index is 2.25. The van der Waals surface area contributed by atoms with Gasteiger partial charge in [0.05, 0.1) is 6.61 Å². The summed E-state index contributed by atoms with van der Waals surface area (Å²) in [5, 5.41) is 12.4. The van der Waals surface area contributed by atoms with Crippen molar-refractivity contribution >= 4 is 5.69 Å². The molecule has 2 N–H and O–H groups in total. The molecule has 0 unspecified atom stereocenters. The summed E-state index contributed by atoms with van der Waals surface area (Å²) in [6, 6.07) is 4.58. The second-order valence-electron chi connectivity index (χ2n) is 3.67. The molecule has 0 bridgehead atoms. The van der Waals surface area contributed by atoms with Crippen molar-refractivity contribution in [2.45, 2.75) is 6.61 Å². The zero-order chi connectivity index (χ0) is 10.7. The highest BCUT2D eigenvalue weighted by Gasteiger charge is 2.13. The number of hydrogen-bond acceptors (Lipinski definition) is 3. The molecule has 0 spiro atoms. The van der Waals surface area contributed by atoms with Gasteiger partial charge in [0.1, 0.15) is 5.82 Å². The fraction of sp³-hybridized carbons (Fsp3) is 0.455. The van der Waals surface area contributed by atoms with Gasteiger partial charge in [0.2, 0.25) is 0 Å². The zero-order valence-corrected chi connectivity index (χ0v) is 8.54. The van der Waals surface area contributed by atoms with Crippen molar-refractivity contribution in [2.75, 3.05) is 31.1 Å².